The van der Waals surface area contributed by atoms with E-state index < -0.39 is 0 Å². The van der Waals surface area contributed by atoms with Gasteiger partial charge in [-0.25, -0.2) is 10.8 Å². The van der Waals surface area contributed by atoms with Crippen molar-refractivity contribution in [3.63, 3.8) is 0 Å². The summed E-state index contributed by atoms with van der Waals surface area (Å²) in [6, 6.07) is 2.87. The third-order valence-electron chi connectivity index (χ3n) is 2.46. The van der Waals surface area contributed by atoms with Gasteiger partial charge in [0.2, 0.25) is 0 Å². The predicted molar refractivity (Wildman–Crippen MR) is 66.8 cm³/mol. The van der Waals surface area contributed by atoms with Gasteiger partial charge in [0.05, 0.1) is 6.04 Å². The molecule has 0 aliphatic heterocycles. The first-order chi connectivity index (χ1) is 9.10. The summed E-state index contributed by atoms with van der Waals surface area (Å²) in [6.45, 7) is 3.54. The number of aromatic nitrogens is 5. The quantitative estimate of drug-likeness (QED) is 0.438. The summed E-state index contributed by atoms with van der Waals surface area (Å²) in [5.41, 5.74) is 3.56. The van der Waals surface area contributed by atoms with Crippen molar-refractivity contribution in [1.82, 2.24) is 30.9 Å². The molecule has 0 spiro atoms. The summed E-state index contributed by atoms with van der Waals surface area (Å²) in [6.07, 6.45) is 0. The smallest absolute Gasteiger partial charge is 0.252 e. The summed E-state index contributed by atoms with van der Waals surface area (Å²) in [7, 11) is 0. The lowest BCUT2D eigenvalue weighted by molar-refractivity contribution is 0.0938. The van der Waals surface area contributed by atoms with Crippen molar-refractivity contribution in [2.75, 3.05) is 5.43 Å². The summed E-state index contributed by atoms with van der Waals surface area (Å²) in [4.78, 5) is 16.2. The molecule has 0 aromatic carbocycles. The van der Waals surface area contributed by atoms with E-state index in [1.54, 1.807) is 26.0 Å². The van der Waals surface area contributed by atoms with E-state index in [9.17, 15) is 4.79 Å². The van der Waals surface area contributed by atoms with Crippen molar-refractivity contribution in [2.24, 2.45) is 5.84 Å². The van der Waals surface area contributed by atoms with Crippen molar-refractivity contribution < 1.29 is 4.79 Å². The number of rotatable bonds is 4. The number of nitrogens with two attached hydrogens (primary N) is 1. The zero-order chi connectivity index (χ0) is 13.8. The molecule has 0 aliphatic carbocycles. The zero-order valence-corrected chi connectivity index (χ0v) is 10.5. The Morgan fingerprint density at radius 3 is 2.89 bits per heavy atom. The zero-order valence-electron chi connectivity index (χ0n) is 10.5. The molecule has 9 heteroatoms. The number of nitrogen functional groups attached to an aromatic ring is 1. The number of nitrogens with one attached hydrogen (secondary N) is 3. The Labute approximate surface area is 109 Å². The fraction of sp³-hybridized carbons (Fsp3) is 0.300. The minimum Gasteiger partial charge on any atom is -0.342 e. The van der Waals surface area contributed by atoms with Gasteiger partial charge in [-0.2, -0.15) is 5.21 Å². The molecule has 0 saturated heterocycles. The van der Waals surface area contributed by atoms with Gasteiger partial charge in [-0.3, -0.25) is 4.79 Å². The first kappa shape index (κ1) is 12.9. The van der Waals surface area contributed by atoms with E-state index in [-0.39, 0.29) is 11.9 Å². The highest BCUT2D eigenvalue weighted by Gasteiger charge is 2.15. The topological polar surface area (TPSA) is 134 Å². The number of hydrazine groups is 1. The van der Waals surface area contributed by atoms with Crippen LogP contribution < -0.4 is 16.6 Å². The predicted octanol–water partition coefficient (Wildman–Crippen LogP) is -0.320. The average molecular weight is 262 g/mol. The highest BCUT2D eigenvalue weighted by Crippen LogP contribution is 2.11. The number of nitrogens with zero attached hydrogens (tertiary/aromatic N) is 4. The Kier molecular flexibility index (Phi) is 3.66. The number of aromatic amines is 1. The molecule has 1 unspecified atom stereocenters. The second kappa shape index (κ2) is 5.40. The number of aryl methyl sites for hydroxylation is 1. The SMILES string of the molecule is Cc1cc(C(=O)NC(C)c2nn[nH]n2)cc(NN)n1. The lowest BCUT2D eigenvalue weighted by Gasteiger charge is -2.11. The summed E-state index contributed by atoms with van der Waals surface area (Å²) in [5.74, 6) is 5.87. The molecule has 5 N–H and O–H groups in total. The van der Waals surface area contributed by atoms with E-state index in [1.165, 1.54) is 0 Å². The Hall–Kier alpha value is -2.55. The van der Waals surface area contributed by atoms with Gasteiger partial charge in [0.15, 0.2) is 5.82 Å². The van der Waals surface area contributed by atoms with Crippen LogP contribution in [0.4, 0.5) is 5.82 Å². The molecule has 0 radical (unpaired) electrons. The normalized spacial score (nSPS) is 11.9. The fourth-order valence-corrected chi connectivity index (χ4v) is 1.57. The maximum absolute atomic E-state index is 12.1. The molecular formula is C10H14N8O. The molecule has 0 fully saturated rings. The van der Waals surface area contributed by atoms with Gasteiger partial charge in [-0.15, -0.1) is 10.2 Å². The first-order valence-electron chi connectivity index (χ1n) is 5.59. The molecule has 0 aliphatic rings. The van der Waals surface area contributed by atoms with E-state index >= 15 is 0 Å². The average Bonchev–Trinajstić information content (AvgIpc) is 2.91. The minimum absolute atomic E-state index is 0.265. The lowest BCUT2D eigenvalue weighted by atomic mass is 10.2. The summed E-state index contributed by atoms with van der Waals surface area (Å²) < 4.78 is 0. The van der Waals surface area contributed by atoms with Crippen molar-refractivity contribution in [1.29, 1.82) is 0 Å². The fourth-order valence-electron chi connectivity index (χ4n) is 1.57. The molecule has 1 atom stereocenters. The van der Waals surface area contributed by atoms with E-state index in [4.69, 9.17) is 5.84 Å². The molecule has 9 nitrogen and oxygen atoms in total. The number of carbonyl (C=O) groups is 1. The van der Waals surface area contributed by atoms with Crippen LogP contribution in [0.5, 0.6) is 0 Å². The monoisotopic (exact) mass is 262 g/mol. The van der Waals surface area contributed by atoms with Gasteiger partial charge in [0.1, 0.15) is 5.82 Å². The van der Waals surface area contributed by atoms with Gasteiger partial charge < -0.3 is 10.7 Å². The van der Waals surface area contributed by atoms with E-state index in [0.29, 0.717) is 22.9 Å². The molecule has 0 bridgehead atoms. The van der Waals surface area contributed by atoms with E-state index in [0.717, 1.165) is 0 Å². The third kappa shape index (κ3) is 3.01. The number of H-pyrrole nitrogens is 1. The minimum atomic E-state index is -0.353. The second-order valence-electron chi connectivity index (χ2n) is 3.99. The van der Waals surface area contributed by atoms with Crippen molar-refractivity contribution in [3.8, 4) is 0 Å². The highest BCUT2D eigenvalue weighted by atomic mass is 16.1. The molecule has 1 amide bonds. The number of pyridine rings is 1. The van der Waals surface area contributed by atoms with Crippen LogP contribution >= 0.6 is 0 Å². The Balaban J connectivity index is 2.13. The van der Waals surface area contributed by atoms with Crippen LogP contribution in [0, 0.1) is 6.92 Å². The molecule has 0 saturated carbocycles. The number of hydrogen-bond donors (Lipinski definition) is 4. The Bertz CT molecular complexity index is 567. The first-order valence-corrected chi connectivity index (χ1v) is 5.59. The largest absolute Gasteiger partial charge is 0.342 e. The van der Waals surface area contributed by atoms with Crippen LogP contribution in [0.15, 0.2) is 12.1 Å². The lowest BCUT2D eigenvalue weighted by Crippen LogP contribution is -2.27. The van der Waals surface area contributed by atoms with E-state index in [2.05, 4.69) is 36.4 Å². The Morgan fingerprint density at radius 2 is 2.26 bits per heavy atom. The molecular weight excluding hydrogens is 248 g/mol. The maximum Gasteiger partial charge on any atom is 0.252 e. The Morgan fingerprint density at radius 1 is 1.47 bits per heavy atom. The van der Waals surface area contributed by atoms with Crippen LogP contribution in [-0.4, -0.2) is 31.5 Å². The number of tetrazole rings is 1. The van der Waals surface area contributed by atoms with Gasteiger partial charge in [-0.05, 0) is 26.0 Å². The van der Waals surface area contributed by atoms with Gasteiger partial charge >= 0.3 is 0 Å². The maximum atomic E-state index is 12.1. The van der Waals surface area contributed by atoms with Crippen molar-refractivity contribution in [2.45, 2.75) is 19.9 Å². The second-order valence-corrected chi connectivity index (χ2v) is 3.99. The van der Waals surface area contributed by atoms with Gasteiger partial charge in [0.25, 0.3) is 5.91 Å². The molecule has 19 heavy (non-hydrogen) atoms. The van der Waals surface area contributed by atoms with Crippen LogP contribution in [0.2, 0.25) is 0 Å². The summed E-state index contributed by atoms with van der Waals surface area (Å²) >= 11 is 0. The van der Waals surface area contributed by atoms with Gasteiger partial charge in [0, 0.05) is 11.3 Å². The number of anilines is 1. The molecule has 2 aromatic rings. The van der Waals surface area contributed by atoms with Crippen LogP contribution in [-0.2, 0) is 0 Å². The van der Waals surface area contributed by atoms with Crippen LogP contribution in [0.3, 0.4) is 0 Å². The molecule has 2 aromatic heterocycles. The molecule has 2 rings (SSSR count). The summed E-state index contributed by atoms with van der Waals surface area (Å²) in [5, 5.41) is 16.1. The number of hydrogen-bond acceptors (Lipinski definition) is 7. The van der Waals surface area contributed by atoms with Crippen LogP contribution in [0.1, 0.15) is 34.8 Å². The third-order valence-corrected chi connectivity index (χ3v) is 2.46. The van der Waals surface area contributed by atoms with Crippen LogP contribution in [0.25, 0.3) is 0 Å². The molecule has 100 valence electrons. The molecule has 2 heterocycles. The van der Waals surface area contributed by atoms with Gasteiger partial charge in [-0.1, -0.05) is 5.21 Å². The number of amides is 1. The highest BCUT2D eigenvalue weighted by molar-refractivity contribution is 5.95. The van der Waals surface area contributed by atoms with Crippen molar-refractivity contribution in [3.05, 3.63) is 29.2 Å². The standard InChI is InChI=1S/C10H14N8O/c1-5-3-7(4-8(12-5)14-11)10(19)13-6(2)9-15-17-18-16-9/h3-4,6H,11H2,1-2H3,(H,12,14)(H,13,19)(H,15,16,17,18). The van der Waals surface area contributed by atoms with E-state index in [1.807, 2.05) is 0 Å². The number of carbonyl (C=O) groups excluding carboxylic acids is 1. The van der Waals surface area contributed by atoms with Crippen molar-refractivity contribution >= 4 is 11.7 Å².